The van der Waals surface area contributed by atoms with Gasteiger partial charge in [-0.3, -0.25) is 4.99 Å². The maximum Gasteiger partial charge on any atom is 0.0343 e. The smallest absolute Gasteiger partial charge is 0.0343 e. The zero-order valence-corrected chi connectivity index (χ0v) is 7.99. The summed E-state index contributed by atoms with van der Waals surface area (Å²) in [6.45, 7) is 0. The van der Waals surface area contributed by atoms with Crippen molar-refractivity contribution >= 4 is 18.0 Å². The summed E-state index contributed by atoms with van der Waals surface area (Å²) in [6.07, 6.45) is 5.72. The Kier molecular flexibility index (Phi) is 3.76. The van der Waals surface area contributed by atoms with Gasteiger partial charge in [-0.15, -0.1) is 0 Å². The van der Waals surface area contributed by atoms with Crippen molar-refractivity contribution in [1.29, 1.82) is 0 Å². The van der Waals surface area contributed by atoms with Gasteiger partial charge in [0.15, 0.2) is 0 Å². The predicted octanol–water partition coefficient (Wildman–Crippen LogP) is 2.44. The number of hydrogen-bond acceptors (Lipinski definition) is 2. The molecular formula is C11H14N2. The van der Waals surface area contributed by atoms with Crippen molar-refractivity contribution in [3.63, 3.8) is 0 Å². The topological polar surface area (TPSA) is 24.4 Å². The number of aliphatic imine (C=N–C) groups is 1. The molecule has 0 saturated heterocycles. The number of rotatable bonds is 3. The lowest BCUT2D eigenvalue weighted by Gasteiger charge is -1.99. The Morgan fingerprint density at radius 3 is 2.92 bits per heavy atom. The Morgan fingerprint density at radius 1 is 1.38 bits per heavy atom. The molecule has 1 N–H and O–H groups in total. The summed E-state index contributed by atoms with van der Waals surface area (Å²) in [5.74, 6) is 0. The highest BCUT2D eigenvalue weighted by atomic mass is 14.8. The maximum atomic E-state index is 3.87. The van der Waals surface area contributed by atoms with Crippen LogP contribution in [-0.4, -0.2) is 20.3 Å². The van der Waals surface area contributed by atoms with Crippen LogP contribution in [0.1, 0.15) is 5.56 Å². The molecule has 0 amide bonds. The molecule has 13 heavy (non-hydrogen) atoms. The summed E-state index contributed by atoms with van der Waals surface area (Å²) < 4.78 is 0. The summed E-state index contributed by atoms with van der Waals surface area (Å²) in [6, 6.07) is 8.20. The maximum absolute atomic E-state index is 3.87. The average molecular weight is 174 g/mol. The normalized spacial score (nSPS) is 11.2. The van der Waals surface area contributed by atoms with E-state index in [-0.39, 0.29) is 0 Å². The van der Waals surface area contributed by atoms with Gasteiger partial charge >= 0.3 is 0 Å². The minimum Gasteiger partial charge on any atom is -0.388 e. The molecule has 1 rings (SSSR count). The molecule has 1 aromatic rings. The van der Waals surface area contributed by atoms with E-state index in [0.717, 1.165) is 5.69 Å². The summed E-state index contributed by atoms with van der Waals surface area (Å²) in [5.41, 5.74) is 2.29. The summed E-state index contributed by atoms with van der Waals surface area (Å²) in [7, 11) is 3.67. The Morgan fingerprint density at radius 2 is 2.23 bits per heavy atom. The molecule has 0 saturated carbocycles. The van der Waals surface area contributed by atoms with Gasteiger partial charge in [-0.1, -0.05) is 18.2 Å². The first-order valence-electron chi connectivity index (χ1n) is 4.23. The number of benzene rings is 1. The second kappa shape index (κ2) is 5.14. The van der Waals surface area contributed by atoms with E-state index in [1.165, 1.54) is 5.56 Å². The van der Waals surface area contributed by atoms with Crippen molar-refractivity contribution in [2.45, 2.75) is 0 Å². The molecule has 2 heteroatoms. The van der Waals surface area contributed by atoms with Gasteiger partial charge in [0.2, 0.25) is 0 Å². The largest absolute Gasteiger partial charge is 0.388 e. The van der Waals surface area contributed by atoms with E-state index < -0.39 is 0 Å². The SMILES string of the molecule is C/N=C\C=C/c1cccc(NC)c1. The first kappa shape index (κ1) is 9.52. The Bertz CT molecular complexity index is 314. The van der Waals surface area contributed by atoms with E-state index in [0.29, 0.717) is 0 Å². The van der Waals surface area contributed by atoms with E-state index in [4.69, 9.17) is 0 Å². The minimum absolute atomic E-state index is 1.12. The third-order valence-corrected chi connectivity index (χ3v) is 1.70. The zero-order chi connectivity index (χ0) is 9.52. The van der Waals surface area contributed by atoms with Crippen LogP contribution >= 0.6 is 0 Å². The zero-order valence-electron chi connectivity index (χ0n) is 7.99. The molecule has 0 aliphatic rings. The molecule has 68 valence electrons. The first-order chi connectivity index (χ1) is 6.36. The molecule has 0 aliphatic carbocycles. The van der Waals surface area contributed by atoms with Gasteiger partial charge in [0.1, 0.15) is 0 Å². The number of hydrogen-bond donors (Lipinski definition) is 1. The van der Waals surface area contributed by atoms with Gasteiger partial charge in [0.05, 0.1) is 0 Å². The summed E-state index contributed by atoms with van der Waals surface area (Å²) >= 11 is 0. The quantitative estimate of drug-likeness (QED) is 0.699. The van der Waals surface area contributed by atoms with Crippen LogP contribution in [0.3, 0.4) is 0 Å². The van der Waals surface area contributed by atoms with E-state index in [2.05, 4.69) is 22.4 Å². The highest BCUT2D eigenvalue weighted by Crippen LogP contribution is 2.10. The highest BCUT2D eigenvalue weighted by Gasteiger charge is 1.88. The average Bonchev–Trinajstić information content (AvgIpc) is 2.19. The highest BCUT2D eigenvalue weighted by molar-refractivity contribution is 5.78. The second-order valence-electron chi connectivity index (χ2n) is 2.64. The molecule has 0 unspecified atom stereocenters. The van der Waals surface area contributed by atoms with E-state index in [1.807, 2.05) is 31.3 Å². The van der Waals surface area contributed by atoms with Gasteiger partial charge < -0.3 is 5.32 Å². The Labute approximate surface area is 79.0 Å². The standard InChI is InChI=1S/C11H14N2/c1-12-8-4-6-10-5-3-7-11(9-10)13-2/h3-9,13H,1-2H3/b6-4-,12-8-. The number of allylic oxidation sites excluding steroid dienone is 1. The van der Waals surface area contributed by atoms with Gasteiger partial charge in [-0.05, 0) is 23.8 Å². The van der Waals surface area contributed by atoms with Crippen molar-refractivity contribution in [2.24, 2.45) is 4.99 Å². The monoisotopic (exact) mass is 174 g/mol. The van der Waals surface area contributed by atoms with Crippen molar-refractivity contribution in [3.8, 4) is 0 Å². The lowest BCUT2D eigenvalue weighted by molar-refractivity contribution is 1.48. The fourth-order valence-electron chi connectivity index (χ4n) is 1.04. The molecule has 0 heterocycles. The molecule has 0 atom stereocenters. The molecule has 2 nitrogen and oxygen atoms in total. The molecule has 1 aromatic carbocycles. The number of nitrogens with zero attached hydrogens (tertiary/aromatic N) is 1. The molecule has 0 aliphatic heterocycles. The van der Waals surface area contributed by atoms with Gasteiger partial charge in [-0.2, -0.15) is 0 Å². The van der Waals surface area contributed by atoms with Gasteiger partial charge in [0, 0.05) is 26.0 Å². The van der Waals surface area contributed by atoms with Crippen molar-refractivity contribution in [3.05, 3.63) is 35.9 Å². The number of nitrogens with one attached hydrogen (secondary N) is 1. The van der Waals surface area contributed by atoms with Crippen LogP contribution in [-0.2, 0) is 0 Å². The van der Waals surface area contributed by atoms with Crippen LogP contribution in [0.5, 0.6) is 0 Å². The molecule has 0 bridgehead atoms. The van der Waals surface area contributed by atoms with Crippen LogP contribution in [0.15, 0.2) is 35.3 Å². The second-order valence-corrected chi connectivity index (χ2v) is 2.64. The summed E-state index contributed by atoms with van der Waals surface area (Å²) in [5, 5.41) is 3.09. The van der Waals surface area contributed by atoms with E-state index in [9.17, 15) is 0 Å². The fourth-order valence-corrected chi connectivity index (χ4v) is 1.04. The molecule has 0 spiro atoms. The summed E-state index contributed by atoms with van der Waals surface area (Å²) in [4.78, 5) is 3.87. The first-order valence-corrected chi connectivity index (χ1v) is 4.23. The Balaban J connectivity index is 2.77. The van der Waals surface area contributed by atoms with Crippen LogP contribution in [0.4, 0.5) is 5.69 Å². The predicted molar refractivity (Wildman–Crippen MR) is 59.4 cm³/mol. The van der Waals surface area contributed by atoms with Crippen LogP contribution in [0.2, 0.25) is 0 Å². The van der Waals surface area contributed by atoms with Crippen LogP contribution in [0, 0.1) is 0 Å². The fraction of sp³-hybridized carbons (Fsp3) is 0.182. The third kappa shape index (κ3) is 3.11. The van der Waals surface area contributed by atoms with Crippen molar-refractivity contribution < 1.29 is 0 Å². The molecule has 0 aromatic heterocycles. The minimum atomic E-state index is 1.12. The van der Waals surface area contributed by atoms with Crippen molar-refractivity contribution in [1.82, 2.24) is 0 Å². The van der Waals surface area contributed by atoms with Crippen LogP contribution < -0.4 is 5.32 Å². The molecule has 0 radical (unpaired) electrons. The Hall–Kier alpha value is -1.57. The molecular weight excluding hydrogens is 160 g/mol. The number of anilines is 1. The lowest BCUT2D eigenvalue weighted by atomic mass is 10.2. The molecule has 0 fully saturated rings. The van der Waals surface area contributed by atoms with Gasteiger partial charge in [0.25, 0.3) is 0 Å². The van der Waals surface area contributed by atoms with E-state index in [1.54, 1.807) is 13.3 Å². The van der Waals surface area contributed by atoms with Crippen molar-refractivity contribution in [2.75, 3.05) is 19.4 Å². The lowest BCUT2D eigenvalue weighted by Crippen LogP contribution is -1.86. The van der Waals surface area contributed by atoms with Gasteiger partial charge in [-0.25, -0.2) is 0 Å². The third-order valence-electron chi connectivity index (χ3n) is 1.70. The van der Waals surface area contributed by atoms with Crippen LogP contribution in [0.25, 0.3) is 6.08 Å². The van der Waals surface area contributed by atoms with E-state index >= 15 is 0 Å².